The van der Waals surface area contributed by atoms with E-state index in [4.69, 9.17) is 4.74 Å². The van der Waals surface area contributed by atoms with Crippen molar-refractivity contribution < 1.29 is 18.7 Å². The van der Waals surface area contributed by atoms with E-state index in [2.05, 4.69) is 5.32 Å². The largest absolute Gasteiger partial charge is 0.444 e. The number of amides is 2. The lowest BCUT2D eigenvalue weighted by atomic mass is 10.1. The van der Waals surface area contributed by atoms with Gasteiger partial charge in [0.15, 0.2) is 0 Å². The standard InChI is InChI=1S/C17H27FN2O3/c1-9(2)13(18)10(3)19-15(21)14-12-7-11(12)8-20(14)16(22)23-17(4,5)6/h10-12,14H,7-8H2,1-6H3,(H,19,21)/t10-,11+,12+,14-/m0/s1. The first-order chi connectivity index (χ1) is 10.5. The topological polar surface area (TPSA) is 58.6 Å². The van der Waals surface area contributed by atoms with Crippen molar-refractivity contribution in [3.63, 3.8) is 0 Å². The van der Waals surface area contributed by atoms with Crippen LogP contribution in [0.1, 0.15) is 48.0 Å². The molecule has 1 aliphatic carbocycles. The zero-order chi connectivity index (χ0) is 17.5. The number of carbonyl (C=O) groups is 2. The monoisotopic (exact) mass is 326 g/mol. The maximum absolute atomic E-state index is 13.9. The third-order valence-electron chi connectivity index (χ3n) is 4.26. The number of allylic oxidation sites excluding steroid dienone is 1. The number of piperidine rings is 1. The molecule has 0 aromatic rings. The van der Waals surface area contributed by atoms with Gasteiger partial charge in [-0.25, -0.2) is 9.18 Å². The van der Waals surface area contributed by atoms with Gasteiger partial charge in [0, 0.05) is 6.54 Å². The van der Waals surface area contributed by atoms with Crippen molar-refractivity contribution in [1.82, 2.24) is 10.2 Å². The van der Waals surface area contributed by atoms with E-state index in [-0.39, 0.29) is 17.7 Å². The fourth-order valence-electron chi connectivity index (χ4n) is 3.10. The highest BCUT2D eigenvalue weighted by Gasteiger charge is 2.57. The molecule has 2 amide bonds. The van der Waals surface area contributed by atoms with Gasteiger partial charge in [-0.2, -0.15) is 0 Å². The molecular weight excluding hydrogens is 299 g/mol. The minimum Gasteiger partial charge on any atom is -0.444 e. The highest BCUT2D eigenvalue weighted by Crippen LogP contribution is 2.50. The van der Waals surface area contributed by atoms with Crippen molar-refractivity contribution in [2.24, 2.45) is 11.8 Å². The SMILES string of the molecule is CC(C)=C(F)[C@H](C)NC(=O)[C@@H]1[C@@H]2C[C@@H]2CN1C(=O)OC(C)(C)C. The zero-order valence-corrected chi connectivity index (χ0v) is 14.8. The molecule has 2 fully saturated rings. The normalized spacial score (nSPS) is 27.1. The Kier molecular flexibility index (Phi) is 4.74. The number of fused-ring (bicyclic) bond motifs is 1. The molecule has 1 heterocycles. The summed E-state index contributed by atoms with van der Waals surface area (Å²) in [6, 6.07) is -1.24. The molecule has 0 radical (unpaired) electrons. The van der Waals surface area contributed by atoms with E-state index in [9.17, 15) is 14.0 Å². The number of nitrogens with zero attached hydrogens (tertiary/aromatic N) is 1. The van der Waals surface area contributed by atoms with Gasteiger partial charge in [0.05, 0.1) is 6.04 Å². The van der Waals surface area contributed by atoms with Gasteiger partial charge in [-0.15, -0.1) is 0 Å². The Hall–Kier alpha value is -1.59. The number of carbonyl (C=O) groups excluding carboxylic acids is 2. The number of likely N-dealkylation sites (tertiary alicyclic amines) is 1. The number of hydrogen-bond donors (Lipinski definition) is 1. The zero-order valence-electron chi connectivity index (χ0n) is 14.8. The molecule has 6 heteroatoms. The van der Waals surface area contributed by atoms with Crippen LogP contribution in [0.5, 0.6) is 0 Å². The van der Waals surface area contributed by atoms with Gasteiger partial charge >= 0.3 is 6.09 Å². The second-order valence-electron chi connectivity index (χ2n) is 7.82. The van der Waals surface area contributed by atoms with Crippen LogP contribution in [-0.4, -0.2) is 41.1 Å². The van der Waals surface area contributed by atoms with Gasteiger partial charge in [0.25, 0.3) is 0 Å². The Labute approximate surface area is 137 Å². The summed E-state index contributed by atoms with van der Waals surface area (Å²) in [5.74, 6) is -0.108. The third kappa shape index (κ3) is 4.03. The summed E-state index contributed by atoms with van der Waals surface area (Å²) < 4.78 is 19.3. The Bertz CT molecular complexity index is 534. The molecule has 0 unspecified atom stereocenters. The second kappa shape index (κ2) is 6.13. The van der Waals surface area contributed by atoms with E-state index >= 15 is 0 Å². The highest BCUT2D eigenvalue weighted by atomic mass is 19.1. The van der Waals surface area contributed by atoms with E-state index in [1.54, 1.807) is 41.5 Å². The number of hydrogen-bond acceptors (Lipinski definition) is 3. The molecule has 5 nitrogen and oxygen atoms in total. The average Bonchev–Trinajstić information content (AvgIpc) is 3.05. The molecule has 1 saturated carbocycles. The summed E-state index contributed by atoms with van der Waals surface area (Å²) in [5, 5.41) is 2.69. The molecule has 2 rings (SSSR count). The molecule has 0 aromatic carbocycles. The molecule has 2 aliphatic rings. The molecular formula is C17H27FN2O3. The van der Waals surface area contributed by atoms with Crippen molar-refractivity contribution >= 4 is 12.0 Å². The van der Waals surface area contributed by atoms with Crippen molar-refractivity contribution in [3.8, 4) is 0 Å². The van der Waals surface area contributed by atoms with E-state index in [1.165, 1.54) is 4.90 Å². The maximum Gasteiger partial charge on any atom is 0.410 e. The Morgan fingerprint density at radius 1 is 1.30 bits per heavy atom. The molecule has 130 valence electrons. The summed E-state index contributed by atoms with van der Waals surface area (Å²) in [4.78, 5) is 26.4. The first-order valence-electron chi connectivity index (χ1n) is 8.14. The van der Waals surface area contributed by atoms with E-state index < -0.39 is 23.8 Å². The Morgan fingerprint density at radius 3 is 2.43 bits per heavy atom. The number of halogens is 1. The van der Waals surface area contributed by atoms with Gasteiger partial charge in [-0.3, -0.25) is 9.69 Å². The van der Waals surface area contributed by atoms with Crippen LogP contribution in [0.25, 0.3) is 0 Å². The lowest BCUT2D eigenvalue weighted by molar-refractivity contribution is -0.126. The Morgan fingerprint density at radius 2 is 1.91 bits per heavy atom. The van der Waals surface area contributed by atoms with Crippen LogP contribution in [0.15, 0.2) is 11.4 Å². The fraction of sp³-hybridized carbons (Fsp3) is 0.765. The maximum atomic E-state index is 13.9. The summed E-state index contributed by atoms with van der Waals surface area (Å²) in [5.41, 5.74) is -0.0654. The summed E-state index contributed by atoms with van der Waals surface area (Å²) in [6.45, 7) is 10.9. The van der Waals surface area contributed by atoms with Gasteiger partial charge in [-0.05, 0) is 65.4 Å². The summed E-state index contributed by atoms with van der Waals surface area (Å²) >= 11 is 0. The van der Waals surface area contributed by atoms with Crippen molar-refractivity contribution in [3.05, 3.63) is 11.4 Å². The highest BCUT2D eigenvalue weighted by molar-refractivity contribution is 5.87. The van der Waals surface area contributed by atoms with Crippen LogP contribution in [0.4, 0.5) is 9.18 Å². The predicted molar refractivity (Wildman–Crippen MR) is 85.4 cm³/mol. The predicted octanol–water partition coefficient (Wildman–Crippen LogP) is 3.01. The molecule has 0 spiro atoms. The molecule has 4 atom stereocenters. The lowest BCUT2D eigenvalue weighted by Crippen LogP contribution is -2.51. The van der Waals surface area contributed by atoms with Gasteiger partial charge < -0.3 is 10.1 Å². The number of rotatable bonds is 3. The molecule has 0 bridgehead atoms. The van der Waals surface area contributed by atoms with Crippen LogP contribution in [0, 0.1) is 11.8 Å². The second-order valence-corrected chi connectivity index (χ2v) is 7.82. The first kappa shape index (κ1) is 17.8. The number of ether oxygens (including phenoxy) is 1. The van der Waals surface area contributed by atoms with E-state index in [0.717, 1.165) is 6.42 Å². The quantitative estimate of drug-likeness (QED) is 0.867. The summed E-state index contributed by atoms with van der Waals surface area (Å²) in [7, 11) is 0. The first-order valence-corrected chi connectivity index (χ1v) is 8.14. The average molecular weight is 326 g/mol. The molecule has 1 saturated heterocycles. The smallest absolute Gasteiger partial charge is 0.410 e. The molecule has 23 heavy (non-hydrogen) atoms. The van der Waals surface area contributed by atoms with E-state index in [1.807, 2.05) is 0 Å². The minimum absolute atomic E-state index is 0.171. The summed E-state index contributed by atoms with van der Waals surface area (Å²) in [6.07, 6.45) is 0.469. The van der Waals surface area contributed by atoms with Crippen molar-refractivity contribution in [1.29, 1.82) is 0 Å². The third-order valence-corrected chi connectivity index (χ3v) is 4.26. The fourth-order valence-corrected chi connectivity index (χ4v) is 3.10. The van der Waals surface area contributed by atoms with Gasteiger partial charge in [0.1, 0.15) is 17.5 Å². The van der Waals surface area contributed by atoms with Crippen LogP contribution >= 0.6 is 0 Å². The van der Waals surface area contributed by atoms with Crippen LogP contribution < -0.4 is 5.32 Å². The van der Waals surface area contributed by atoms with Gasteiger partial charge in [0.2, 0.25) is 5.91 Å². The van der Waals surface area contributed by atoms with Gasteiger partial charge in [-0.1, -0.05) is 0 Å². The molecule has 1 aliphatic heterocycles. The number of nitrogens with one attached hydrogen (secondary N) is 1. The lowest BCUT2D eigenvalue weighted by Gasteiger charge is -2.30. The van der Waals surface area contributed by atoms with Crippen molar-refractivity contribution in [2.75, 3.05) is 6.54 Å². The van der Waals surface area contributed by atoms with E-state index in [0.29, 0.717) is 18.0 Å². The van der Waals surface area contributed by atoms with Crippen LogP contribution in [0.3, 0.4) is 0 Å². The van der Waals surface area contributed by atoms with Crippen LogP contribution in [-0.2, 0) is 9.53 Å². The van der Waals surface area contributed by atoms with Crippen molar-refractivity contribution in [2.45, 2.75) is 65.6 Å². The molecule has 1 N–H and O–H groups in total. The molecule has 0 aromatic heterocycles. The Balaban J connectivity index is 2.06. The van der Waals surface area contributed by atoms with Crippen LogP contribution in [0.2, 0.25) is 0 Å². The minimum atomic E-state index is -0.689.